The highest BCUT2D eigenvalue weighted by Gasteiger charge is 2.45. The third-order valence-corrected chi connectivity index (χ3v) is 10.1. The Kier molecular flexibility index (Phi) is 7.13. The molecule has 4 rings (SSSR count). The van der Waals surface area contributed by atoms with Gasteiger partial charge in [0.1, 0.15) is 0 Å². The quantitative estimate of drug-likeness (QED) is 0.229. The zero-order valence-electron chi connectivity index (χ0n) is 16.7. The van der Waals surface area contributed by atoms with Gasteiger partial charge in [-0.3, -0.25) is 4.57 Å². The van der Waals surface area contributed by atoms with E-state index in [0.717, 1.165) is 76.2 Å². The van der Waals surface area contributed by atoms with Crippen molar-refractivity contribution in [2.45, 2.75) is 51.4 Å². The molecule has 0 amide bonds. The number of likely N-dealkylation sites (tertiary alicyclic amines) is 1. The Hall–Kier alpha value is -0.430. The standard InChI is InChI=1S/C21H32IN4OP/c22-19-9-11-20(12-10-19)23-21(24-13-7-8-14-24)28(27,25-15-3-1-4-16-25)26-17-5-2-6-18-26/h9-12H,1-8,13-18H2. The van der Waals surface area contributed by atoms with Crippen molar-refractivity contribution in [2.75, 3.05) is 39.3 Å². The molecule has 0 aliphatic carbocycles. The highest BCUT2D eigenvalue weighted by atomic mass is 127. The summed E-state index contributed by atoms with van der Waals surface area (Å²) in [6.45, 7) is 5.71. The van der Waals surface area contributed by atoms with E-state index in [-0.39, 0.29) is 0 Å². The molecule has 28 heavy (non-hydrogen) atoms. The van der Waals surface area contributed by atoms with Crippen molar-refractivity contribution in [1.29, 1.82) is 0 Å². The first-order valence-corrected chi connectivity index (χ1v) is 13.6. The van der Waals surface area contributed by atoms with Gasteiger partial charge < -0.3 is 4.90 Å². The molecular weight excluding hydrogens is 482 g/mol. The fourth-order valence-electron chi connectivity index (χ4n) is 4.60. The lowest BCUT2D eigenvalue weighted by atomic mass is 10.2. The molecule has 3 heterocycles. The number of aliphatic imine (C=N–C) groups is 1. The smallest absolute Gasteiger partial charge is 0.280 e. The fourth-order valence-corrected chi connectivity index (χ4v) is 8.28. The molecule has 0 radical (unpaired) electrons. The van der Waals surface area contributed by atoms with Gasteiger partial charge in [0.15, 0.2) is 5.58 Å². The maximum absolute atomic E-state index is 15.0. The first kappa shape index (κ1) is 20.8. The van der Waals surface area contributed by atoms with E-state index in [9.17, 15) is 4.57 Å². The topological polar surface area (TPSA) is 39.2 Å². The largest absolute Gasteiger partial charge is 0.352 e. The number of piperidine rings is 2. The number of hydrogen-bond acceptors (Lipinski definition) is 2. The molecule has 0 spiro atoms. The van der Waals surface area contributed by atoms with Crippen LogP contribution in [0.15, 0.2) is 29.3 Å². The van der Waals surface area contributed by atoms with Crippen molar-refractivity contribution in [3.05, 3.63) is 27.8 Å². The van der Waals surface area contributed by atoms with Gasteiger partial charge in [0.05, 0.1) is 5.69 Å². The summed E-state index contributed by atoms with van der Waals surface area (Å²) < 4.78 is 20.8. The maximum atomic E-state index is 15.0. The van der Waals surface area contributed by atoms with Crippen LogP contribution in [-0.4, -0.2) is 59.1 Å². The van der Waals surface area contributed by atoms with E-state index in [4.69, 9.17) is 4.99 Å². The Bertz CT molecular complexity index is 698. The van der Waals surface area contributed by atoms with Crippen molar-refractivity contribution in [3.63, 3.8) is 0 Å². The molecule has 0 bridgehead atoms. The maximum Gasteiger partial charge on any atom is 0.280 e. The second-order valence-corrected chi connectivity index (χ2v) is 12.0. The van der Waals surface area contributed by atoms with Crippen LogP contribution in [0.1, 0.15) is 51.4 Å². The molecule has 3 saturated heterocycles. The van der Waals surface area contributed by atoms with Gasteiger partial charge in [-0.25, -0.2) is 14.3 Å². The Morgan fingerprint density at radius 3 is 1.71 bits per heavy atom. The first-order chi connectivity index (χ1) is 13.7. The normalized spacial score (nSPS) is 23.3. The Morgan fingerprint density at radius 1 is 0.750 bits per heavy atom. The predicted molar refractivity (Wildman–Crippen MR) is 126 cm³/mol. The number of hydrogen-bond donors (Lipinski definition) is 0. The summed E-state index contributed by atoms with van der Waals surface area (Å²) >= 11 is 2.32. The number of halogens is 1. The molecule has 1 aromatic carbocycles. The number of amidine groups is 1. The van der Waals surface area contributed by atoms with Gasteiger partial charge >= 0.3 is 0 Å². The molecule has 154 valence electrons. The van der Waals surface area contributed by atoms with Gasteiger partial charge in [0.2, 0.25) is 0 Å². The van der Waals surface area contributed by atoms with E-state index in [1.807, 2.05) is 0 Å². The average molecular weight is 514 g/mol. The molecule has 7 heteroatoms. The van der Waals surface area contributed by atoms with Crippen molar-refractivity contribution >= 4 is 41.3 Å². The highest BCUT2D eigenvalue weighted by Crippen LogP contribution is 2.58. The lowest BCUT2D eigenvalue weighted by Gasteiger charge is -2.44. The van der Waals surface area contributed by atoms with Crippen LogP contribution in [-0.2, 0) is 4.57 Å². The first-order valence-electron chi connectivity index (χ1n) is 10.9. The minimum Gasteiger partial charge on any atom is -0.352 e. The molecule has 5 nitrogen and oxygen atoms in total. The van der Waals surface area contributed by atoms with Gasteiger partial charge in [0, 0.05) is 42.8 Å². The summed E-state index contributed by atoms with van der Waals surface area (Å²) in [6.07, 6.45) is 9.44. The summed E-state index contributed by atoms with van der Waals surface area (Å²) in [5.74, 6) is 0. The molecule has 0 saturated carbocycles. The van der Waals surface area contributed by atoms with Crippen LogP contribution >= 0.6 is 30.0 Å². The lowest BCUT2D eigenvalue weighted by molar-refractivity contribution is 0.281. The molecule has 0 aromatic heterocycles. The average Bonchev–Trinajstić information content (AvgIpc) is 3.28. The van der Waals surface area contributed by atoms with Gasteiger partial charge in [-0.15, -0.1) is 0 Å². The zero-order valence-corrected chi connectivity index (χ0v) is 19.8. The van der Waals surface area contributed by atoms with Crippen LogP contribution in [0.2, 0.25) is 0 Å². The number of rotatable bonds is 4. The molecule has 0 atom stereocenters. The van der Waals surface area contributed by atoms with Crippen molar-refractivity contribution < 1.29 is 4.57 Å². The van der Waals surface area contributed by atoms with Crippen LogP contribution in [0.25, 0.3) is 0 Å². The van der Waals surface area contributed by atoms with Crippen LogP contribution in [0.5, 0.6) is 0 Å². The SMILES string of the molecule is O=P(C(=Nc1ccc(I)cc1)N1CCCC1)(N1CCCCC1)N1CCCCC1. The van der Waals surface area contributed by atoms with Gasteiger partial charge in [0.25, 0.3) is 7.44 Å². The van der Waals surface area contributed by atoms with Crippen molar-refractivity contribution in [1.82, 2.24) is 14.2 Å². The van der Waals surface area contributed by atoms with Gasteiger partial charge in [-0.05, 0) is 85.4 Å². The van der Waals surface area contributed by atoms with E-state index in [0.29, 0.717) is 0 Å². The highest BCUT2D eigenvalue weighted by molar-refractivity contribution is 14.1. The van der Waals surface area contributed by atoms with E-state index >= 15 is 0 Å². The monoisotopic (exact) mass is 514 g/mol. The Labute approximate surface area is 183 Å². The second-order valence-electron chi connectivity index (χ2n) is 8.16. The third kappa shape index (κ3) is 4.50. The summed E-state index contributed by atoms with van der Waals surface area (Å²) in [6, 6.07) is 8.31. The van der Waals surface area contributed by atoms with Crippen LogP contribution in [0.3, 0.4) is 0 Å². The van der Waals surface area contributed by atoms with E-state index in [1.54, 1.807) is 0 Å². The molecule has 3 aliphatic rings. The molecule has 0 unspecified atom stereocenters. The molecule has 0 N–H and O–H groups in total. The zero-order chi connectivity index (χ0) is 19.4. The van der Waals surface area contributed by atoms with Crippen LogP contribution in [0, 0.1) is 3.57 Å². The lowest BCUT2D eigenvalue weighted by Crippen LogP contribution is -2.44. The molecule has 3 fully saturated rings. The second kappa shape index (κ2) is 9.59. The van der Waals surface area contributed by atoms with Crippen molar-refractivity contribution in [2.24, 2.45) is 4.99 Å². The minimum absolute atomic E-state index is 0.856. The third-order valence-electron chi connectivity index (χ3n) is 6.14. The summed E-state index contributed by atoms with van der Waals surface area (Å²) in [5, 5.41) is 0. The Balaban J connectivity index is 1.77. The summed E-state index contributed by atoms with van der Waals surface area (Å²) in [5.41, 5.74) is 1.78. The minimum atomic E-state index is -2.87. The van der Waals surface area contributed by atoms with E-state index < -0.39 is 7.44 Å². The molecule has 3 aliphatic heterocycles. The van der Waals surface area contributed by atoms with Crippen molar-refractivity contribution in [3.8, 4) is 0 Å². The fraction of sp³-hybridized carbons (Fsp3) is 0.667. The van der Waals surface area contributed by atoms with E-state index in [2.05, 4.69) is 61.1 Å². The van der Waals surface area contributed by atoms with Gasteiger partial charge in [-0.1, -0.05) is 12.8 Å². The summed E-state index contributed by atoms with van der Waals surface area (Å²) in [4.78, 5) is 7.43. The van der Waals surface area contributed by atoms with Crippen LogP contribution in [0.4, 0.5) is 5.69 Å². The summed E-state index contributed by atoms with van der Waals surface area (Å²) in [7, 11) is -2.87. The van der Waals surface area contributed by atoms with Crippen LogP contribution < -0.4 is 0 Å². The Morgan fingerprint density at radius 2 is 1.21 bits per heavy atom. The number of benzene rings is 1. The molecular formula is C21H32IN4OP. The number of nitrogens with zero attached hydrogens (tertiary/aromatic N) is 4. The molecule has 1 aromatic rings. The van der Waals surface area contributed by atoms with Gasteiger partial charge in [-0.2, -0.15) is 0 Å². The van der Waals surface area contributed by atoms with E-state index in [1.165, 1.54) is 29.3 Å². The predicted octanol–water partition coefficient (Wildman–Crippen LogP) is 5.54.